The number of ether oxygens (including phenoxy) is 3. The largest absolute Gasteiger partial charge is 0.493 e. The van der Waals surface area contributed by atoms with E-state index >= 15 is 0 Å². The summed E-state index contributed by atoms with van der Waals surface area (Å²) in [6, 6.07) is 5.96. The van der Waals surface area contributed by atoms with E-state index in [1.807, 2.05) is 12.1 Å². The highest BCUT2D eigenvalue weighted by atomic mass is 32.2. The van der Waals surface area contributed by atoms with Crippen LogP contribution in [0.2, 0.25) is 0 Å². The molecule has 1 aromatic carbocycles. The minimum atomic E-state index is 0.687. The molecular weight excluding hydrogens is 262 g/mol. The molecule has 0 amide bonds. The van der Waals surface area contributed by atoms with Crippen molar-refractivity contribution in [2.75, 3.05) is 46.0 Å². The van der Waals surface area contributed by atoms with Crippen LogP contribution in [0.25, 0.3) is 0 Å². The van der Waals surface area contributed by atoms with Crippen molar-refractivity contribution >= 4 is 11.8 Å². The van der Waals surface area contributed by atoms with Crippen molar-refractivity contribution in [2.45, 2.75) is 6.54 Å². The Balaban J connectivity index is 2.65. The summed E-state index contributed by atoms with van der Waals surface area (Å²) < 4.78 is 16.2. The number of hydrogen-bond acceptors (Lipinski definition) is 5. The van der Waals surface area contributed by atoms with Crippen LogP contribution in [0.1, 0.15) is 5.56 Å². The molecule has 0 heterocycles. The second kappa shape index (κ2) is 9.95. The Labute approximate surface area is 119 Å². The van der Waals surface area contributed by atoms with Gasteiger partial charge in [0.2, 0.25) is 0 Å². The first-order valence-corrected chi connectivity index (χ1v) is 7.70. The second-order valence-electron chi connectivity index (χ2n) is 3.96. The highest BCUT2D eigenvalue weighted by Gasteiger charge is 2.10. The van der Waals surface area contributed by atoms with Gasteiger partial charge in [-0.1, -0.05) is 12.1 Å². The Morgan fingerprint density at radius 1 is 1.21 bits per heavy atom. The minimum absolute atomic E-state index is 0.687. The van der Waals surface area contributed by atoms with Crippen LogP contribution in [0.5, 0.6) is 11.5 Å². The molecule has 0 unspecified atom stereocenters. The predicted octanol–water partition coefficient (Wildman–Crippen LogP) is 2.17. The lowest BCUT2D eigenvalue weighted by Crippen LogP contribution is -2.19. The van der Waals surface area contributed by atoms with E-state index in [2.05, 4.69) is 17.6 Å². The van der Waals surface area contributed by atoms with E-state index in [1.54, 1.807) is 26.0 Å². The van der Waals surface area contributed by atoms with Crippen molar-refractivity contribution in [1.82, 2.24) is 5.32 Å². The molecule has 19 heavy (non-hydrogen) atoms. The number of rotatable bonds is 10. The Kier molecular flexibility index (Phi) is 8.45. The molecule has 108 valence electrons. The number of hydrogen-bond donors (Lipinski definition) is 1. The Morgan fingerprint density at radius 3 is 2.74 bits per heavy atom. The fourth-order valence-corrected chi connectivity index (χ4v) is 1.90. The molecule has 0 saturated heterocycles. The fourth-order valence-electron chi connectivity index (χ4n) is 1.65. The van der Waals surface area contributed by atoms with Gasteiger partial charge in [0.05, 0.1) is 20.3 Å². The summed E-state index contributed by atoms with van der Waals surface area (Å²) in [4.78, 5) is 0. The van der Waals surface area contributed by atoms with Gasteiger partial charge >= 0.3 is 0 Å². The van der Waals surface area contributed by atoms with Gasteiger partial charge in [0.15, 0.2) is 11.5 Å². The van der Waals surface area contributed by atoms with E-state index in [4.69, 9.17) is 14.2 Å². The lowest BCUT2D eigenvalue weighted by Gasteiger charge is -2.15. The lowest BCUT2D eigenvalue weighted by atomic mass is 10.2. The van der Waals surface area contributed by atoms with Gasteiger partial charge in [0.25, 0.3) is 0 Å². The number of para-hydroxylation sites is 1. The van der Waals surface area contributed by atoms with Crippen LogP contribution in [0, 0.1) is 0 Å². The van der Waals surface area contributed by atoms with Crippen molar-refractivity contribution in [1.29, 1.82) is 0 Å². The van der Waals surface area contributed by atoms with Gasteiger partial charge in [0, 0.05) is 31.5 Å². The third kappa shape index (κ3) is 5.72. The molecule has 0 radical (unpaired) electrons. The first-order chi connectivity index (χ1) is 9.33. The Hall–Kier alpha value is -0.910. The average Bonchev–Trinajstić information content (AvgIpc) is 2.44. The number of benzene rings is 1. The van der Waals surface area contributed by atoms with Crippen LogP contribution in [-0.2, 0) is 11.3 Å². The first kappa shape index (κ1) is 16.1. The zero-order valence-corrected chi connectivity index (χ0v) is 12.7. The molecule has 0 atom stereocenters. The minimum Gasteiger partial charge on any atom is -0.493 e. The third-order valence-corrected chi connectivity index (χ3v) is 3.19. The summed E-state index contributed by atoms with van der Waals surface area (Å²) in [6.45, 7) is 2.95. The van der Waals surface area contributed by atoms with Gasteiger partial charge in [-0.15, -0.1) is 0 Å². The Morgan fingerprint density at radius 2 is 2.05 bits per heavy atom. The summed E-state index contributed by atoms with van der Waals surface area (Å²) in [6.07, 6.45) is 2.07. The second-order valence-corrected chi connectivity index (χ2v) is 4.94. The molecule has 1 N–H and O–H groups in total. The van der Waals surface area contributed by atoms with Crippen molar-refractivity contribution in [2.24, 2.45) is 0 Å². The molecule has 0 aliphatic rings. The molecule has 5 heteroatoms. The summed E-state index contributed by atoms with van der Waals surface area (Å²) >= 11 is 1.77. The Bertz CT molecular complexity index is 361. The zero-order valence-electron chi connectivity index (χ0n) is 11.9. The van der Waals surface area contributed by atoms with E-state index in [0.717, 1.165) is 35.9 Å². The lowest BCUT2D eigenvalue weighted by molar-refractivity contribution is 0.199. The van der Waals surface area contributed by atoms with Crippen LogP contribution in [0.15, 0.2) is 18.2 Å². The third-order valence-electron chi connectivity index (χ3n) is 2.61. The van der Waals surface area contributed by atoms with Gasteiger partial charge in [0.1, 0.15) is 0 Å². The van der Waals surface area contributed by atoms with Crippen LogP contribution >= 0.6 is 11.8 Å². The average molecular weight is 285 g/mol. The molecule has 4 nitrogen and oxygen atoms in total. The monoisotopic (exact) mass is 285 g/mol. The van der Waals surface area contributed by atoms with Crippen molar-refractivity contribution < 1.29 is 14.2 Å². The quantitative estimate of drug-likeness (QED) is 0.667. The maximum atomic E-state index is 5.84. The predicted molar refractivity (Wildman–Crippen MR) is 80.5 cm³/mol. The highest BCUT2D eigenvalue weighted by Crippen LogP contribution is 2.31. The molecule has 0 saturated carbocycles. The molecule has 1 rings (SSSR count). The number of nitrogens with one attached hydrogen (secondary N) is 1. The normalized spacial score (nSPS) is 10.5. The molecule has 1 aromatic rings. The van der Waals surface area contributed by atoms with Crippen LogP contribution in [0.4, 0.5) is 0 Å². The molecule has 0 aromatic heterocycles. The molecule has 0 aliphatic carbocycles. The van der Waals surface area contributed by atoms with E-state index in [0.29, 0.717) is 13.2 Å². The van der Waals surface area contributed by atoms with Crippen molar-refractivity contribution in [3.05, 3.63) is 23.8 Å². The van der Waals surface area contributed by atoms with E-state index in [-0.39, 0.29) is 0 Å². The molecule has 0 fully saturated rings. The fraction of sp³-hybridized carbons (Fsp3) is 0.571. The number of thioether (sulfide) groups is 1. The van der Waals surface area contributed by atoms with E-state index < -0.39 is 0 Å². The maximum absolute atomic E-state index is 5.84. The topological polar surface area (TPSA) is 39.7 Å². The molecule has 0 aliphatic heterocycles. The van der Waals surface area contributed by atoms with Crippen LogP contribution in [-0.4, -0.2) is 46.0 Å². The standard InChI is InChI=1S/C14H23NO3S/c1-16-8-7-15-11-12-5-4-6-13(17-2)14(12)18-9-10-19-3/h4-6,15H,7-11H2,1-3H3. The van der Waals surface area contributed by atoms with Gasteiger partial charge in [-0.05, 0) is 12.3 Å². The summed E-state index contributed by atoms with van der Waals surface area (Å²) in [5.41, 5.74) is 1.11. The molecule has 0 spiro atoms. The van der Waals surface area contributed by atoms with Crippen LogP contribution in [0.3, 0.4) is 0 Å². The maximum Gasteiger partial charge on any atom is 0.165 e. The zero-order chi connectivity index (χ0) is 13.9. The highest BCUT2D eigenvalue weighted by molar-refractivity contribution is 7.98. The first-order valence-electron chi connectivity index (χ1n) is 6.30. The van der Waals surface area contributed by atoms with Crippen molar-refractivity contribution in [3.63, 3.8) is 0 Å². The van der Waals surface area contributed by atoms with Gasteiger partial charge in [-0.2, -0.15) is 11.8 Å². The van der Waals surface area contributed by atoms with E-state index in [1.165, 1.54) is 0 Å². The molecular formula is C14H23NO3S. The molecule has 0 bridgehead atoms. The number of methoxy groups -OCH3 is 2. The smallest absolute Gasteiger partial charge is 0.165 e. The van der Waals surface area contributed by atoms with Gasteiger partial charge in [-0.3, -0.25) is 0 Å². The van der Waals surface area contributed by atoms with Gasteiger partial charge < -0.3 is 19.5 Å². The van der Waals surface area contributed by atoms with Gasteiger partial charge in [-0.25, -0.2) is 0 Å². The van der Waals surface area contributed by atoms with Crippen LogP contribution < -0.4 is 14.8 Å². The summed E-state index contributed by atoms with van der Waals surface area (Å²) in [5, 5.41) is 3.32. The van der Waals surface area contributed by atoms with E-state index in [9.17, 15) is 0 Å². The van der Waals surface area contributed by atoms with Crippen molar-refractivity contribution in [3.8, 4) is 11.5 Å². The SMILES string of the molecule is COCCNCc1cccc(OC)c1OCCSC. The summed E-state index contributed by atoms with van der Waals surface area (Å²) in [7, 11) is 3.36. The summed E-state index contributed by atoms with van der Waals surface area (Å²) in [5.74, 6) is 2.59.